The normalized spacial score (nSPS) is 21.2. The second-order valence-corrected chi connectivity index (χ2v) is 12.2. The first kappa shape index (κ1) is 34.5. The van der Waals surface area contributed by atoms with Crippen LogP contribution in [0.1, 0.15) is 90.7 Å². The number of fused-ring (bicyclic) bond motifs is 2. The number of hydrogen-bond acceptors (Lipinski definition) is 3. The van der Waals surface area contributed by atoms with Crippen molar-refractivity contribution in [3.63, 3.8) is 0 Å². The van der Waals surface area contributed by atoms with Gasteiger partial charge >= 0.3 is 5.97 Å². The van der Waals surface area contributed by atoms with Crippen LogP contribution in [0.3, 0.4) is 0 Å². The molecule has 0 aromatic heterocycles. The predicted molar refractivity (Wildman–Crippen MR) is 174 cm³/mol. The molecule has 0 spiro atoms. The van der Waals surface area contributed by atoms with E-state index >= 15 is 0 Å². The molecular weight excluding hydrogens is 506 g/mol. The summed E-state index contributed by atoms with van der Waals surface area (Å²) in [6.45, 7) is 19.4. The summed E-state index contributed by atoms with van der Waals surface area (Å²) in [7, 11) is 1.50. The lowest BCUT2D eigenvalue weighted by Crippen LogP contribution is -2.43. The number of aliphatic hydroxyl groups is 2. The van der Waals surface area contributed by atoms with Crippen LogP contribution >= 0.6 is 0 Å². The Bertz CT molecular complexity index is 1010. The molecule has 2 unspecified atom stereocenters. The number of allylic oxidation sites excluding steroid dienone is 2. The third-order valence-corrected chi connectivity index (χ3v) is 8.39. The van der Waals surface area contributed by atoms with Gasteiger partial charge in [-0.2, -0.15) is 0 Å². The standard InChI is InChI=1S/C25H30O3.C11H20.CH5N/c1-3-27-23-18-14-15-19(23)17-22(16-18)28-24(26)25(2,20-10-6-4-7-11-20)21-12-8-5-9-13-21;1-9(2)6-7-11(5)8-10(3)4;1-2/h4-13,18-19,22-23H,3,14-17H2,1-2H3;10H,1,5-8H2,2-4H3;2H2,1H3/p+1. The van der Waals surface area contributed by atoms with Gasteiger partial charge in [0.25, 0.3) is 0 Å². The molecule has 4 rings (SSSR count). The van der Waals surface area contributed by atoms with E-state index in [-0.39, 0.29) is 12.1 Å². The highest BCUT2D eigenvalue weighted by molar-refractivity contribution is 5.87. The van der Waals surface area contributed by atoms with E-state index < -0.39 is 5.41 Å². The Hall–Kier alpha value is -2.69. The molecule has 0 amide bonds. The van der Waals surface area contributed by atoms with E-state index in [0.717, 1.165) is 55.8 Å². The van der Waals surface area contributed by atoms with E-state index in [4.69, 9.17) is 9.47 Å². The lowest BCUT2D eigenvalue weighted by molar-refractivity contribution is -0.175. The molecule has 0 heterocycles. The highest BCUT2D eigenvalue weighted by Crippen LogP contribution is 2.45. The minimum absolute atomic E-state index is 0.0139. The van der Waals surface area contributed by atoms with Gasteiger partial charge in [-0.3, -0.25) is 4.79 Å². The zero-order valence-electron chi connectivity index (χ0n) is 26.6. The Balaban J connectivity index is 0.000000384. The fourth-order valence-electron chi connectivity index (χ4n) is 6.33. The third kappa shape index (κ3) is 9.97. The summed E-state index contributed by atoms with van der Waals surface area (Å²) in [5.41, 5.74) is 8.28. The van der Waals surface area contributed by atoms with Crippen molar-refractivity contribution in [2.75, 3.05) is 13.7 Å². The minimum Gasteiger partial charge on any atom is -0.461 e. The smallest absolute Gasteiger partial charge is 0.321 e. The van der Waals surface area contributed by atoms with Gasteiger partial charge in [0.1, 0.15) is 18.1 Å². The van der Waals surface area contributed by atoms with Crippen LogP contribution in [0.4, 0.5) is 0 Å². The summed E-state index contributed by atoms with van der Waals surface area (Å²) in [5.74, 6) is 1.76. The van der Waals surface area contributed by atoms with Crippen molar-refractivity contribution in [3.8, 4) is 0 Å². The summed E-state index contributed by atoms with van der Waals surface area (Å²) in [6.07, 6.45) is 8.23. The van der Waals surface area contributed by atoms with Gasteiger partial charge in [-0.15, -0.1) is 6.58 Å². The van der Waals surface area contributed by atoms with E-state index in [1.54, 1.807) is 0 Å². The molecular formula is C37H56NO3+. The van der Waals surface area contributed by atoms with Crippen LogP contribution in [0.15, 0.2) is 85.0 Å². The number of hydrogen-bond donors (Lipinski definition) is 1. The topological polar surface area (TPSA) is 65.1 Å². The largest absolute Gasteiger partial charge is 0.461 e. The molecule has 2 saturated carbocycles. The molecule has 2 aliphatic carbocycles. The number of carbonyl (C=O) groups is 1. The molecule has 4 nitrogen and oxygen atoms in total. The highest BCUT2D eigenvalue weighted by atomic mass is 16.5. The fraction of sp³-hybridized carbons (Fsp3) is 0.541. The van der Waals surface area contributed by atoms with E-state index in [9.17, 15) is 4.79 Å². The van der Waals surface area contributed by atoms with Crippen LogP contribution in [0.2, 0.25) is 0 Å². The Morgan fingerprint density at radius 3 is 1.85 bits per heavy atom. The predicted octanol–water partition coefficient (Wildman–Crippen LogP) is 8.16. The monoisotopic (exact) mass is 562 g/mol. The van der Waals surface area contributed by atoms with Gasteiger partial charge in [0, 0.05) is 18.8 Å². The first-order valence-corrected chi connectivity index (χ1v) is 15.5. The van der Waals surface area contributed by atoms with Gasteiger partial charge in [0.05, 0.1) is 0 Å². The quantitative estimate of drug-likeness (QED) is 0.171. The van der Waals surface area contributed by atoms with Crippen molar-refractivity contribution in [1.82, 2.24) is 0 Å². The summed E-state index contributed by atoms with van der Waals surface area (Å²) in [5, 5.41) is 0. The summed E-state index contributed by atoms with van der Waals surface area (Å²) in [6, 6.07) is 20.0. The van der Waals surface area contributed by atoms with Gasteiger partial charge in [-0.25, -0.2) is 0 Å². The molecule has 2 aromatic rings. The van der Waals surface area contributed by atoms with Gasteiger partial charge in [0.2, 0.25) is 0 Å². The van der Waals surface area contributed by atoms with Crippen molar-refractivity contribution in [3.05, 3.63) is 96.1 Å². The maximum absolute atomic E-state index is 13.5. The van der Waals surface area contributed by atoms with E-state index in [1.807, 2.05) is 67.6 Å². The van der Waals surface area contributed by atoms with Crippen molar-refractivity contribution in [2.45, 2.75) is 97.2 Å². The molecule has 2 aromatic carbocycles. The zero-order valence-corrected chi connectivity index (χ0v) is 26.6. The van der Waals surface area contributed by atoms with Crippen LogP contribution < -0.4 is 5.73 Å². The lowest BCUT2D eigenvalue weighted by atomic mass is 9.76. The molecule has 2 atom stereocenters. The van der Waals surface area contributed by atoms with Crippen LogP contribution in [0.25, 0.3) is 0 Å². The second kappa shape index (κ2) is 17.3. The Labute approximate surface area is 250 Å². The zero-order chi connectivity index (χ0) is 30.4. The molecule has 2 fully saturated rings. The maximum atomic E-state index is 13.5. The van der Waals surface area contributed by atoms with Crippen LogP contribution in [0.5, 0.6) is 0 Å². The van der Waals surface area contributed by atoms with Crippen molar-refractivity contribution >= 4 is 5.97 Å². The molecule has 0 radical (unpaired) electrons. The maximum Gasteiger partial charge on any atom is 0.321 e. The number of rotatable bonds is 11. The number of carbonyl (C=O) groups excluding carboxylic acids is 1. The Morgan fingerprint density at radius 1 is 0.951 bits per heavy atom. The molecule has 2 bridgehead atoms. The molecule has 0 aliphatic heterocycles. The Morgan fingerprint density at radius 2 is 1.44 bits per heavy atom. The number of nitrogens with two attached hydrogens (primary N) is 1. The Kier molecular flexibility index (Phi) is 14.6. The van der Waals surface area contributed by atoms with Crippen molar-refractivity contribution < 1.29 is 14.3 Å². The summed E-state index contributed by atoms with van der Waals surface area (Å²) >= 11 is 0. The number of esters is 1. The SMILES string of the molecule is C=C(C)CCC(=C)CC(C)C.CC[OH+]C1C2CCC1CC(OC(=O)C(C)(c1ccccc1)c1ccccc1)C2.CN. The molecule has 4 heteroatoms. The van der Waals surface area contributed by atoms with E-state index in [2.05, 4.69) is 46.6 Å². The first-order valence-electron chi connectivity index (χ1n) is 15.5. The van der Waals surface area contributed by atoms with Gasteiger partial charge in [0.15, 0.2) is 6.10 Å². The average Bonchev–Trinajstić information content (AvgIpc) is 3.20. The molecule has 226 valence electrons. The average molecular weight is 563 g/mol. The van der Waals surface area contributed by atoms with Crippen LogP contribution in [-0.4, -0.2) is 36.6 Å². The van der Waals surface area contributed by atoms with Gasteiger partial charge in [-0.1, -0.05) is 92.2 Å². The molecule has 0 saturated heterocycles. The highest BCUT2D eigenvalue weighted by Gasteiger charge is 2.49. The number of benzene rings is 2. The molecule has 2 aliphatic rings. The lowest BCUT2D eigenvalue weighted by Gasteiger charge is -2.35. The van der Waals surface area contributed by atoms with E-state index in [0.29, 0.717) is 17.9 Å². The molecule has 3 N–H and O–H groups in total. The van der Waals surface area contributed by atoms with E-state index in [1.165, 1.54) is 31.0 Å². The van der Waals surface area contributed by atoms with Crippen LogP contribution in [0, 0.1) is 17.8 Å². The summed E-state index contributed by atoms with van der Waals surface area (Å²) < 4.78 is 11.0. The van der Waals surface area contributed by atoms with Crippen molar-refractivity contribution in [2.24, 2.45) is 23.5 Å². The van der Waals surface area contributed by atoms with Gasteiger partial charge in [-0.05, 0) is 82.9 Å². The van der Waals surface area contributed by atoms with Crippen LogP contribution in [-0.2, 0) is 14.9 Å². The summed E-state index contributed by atoms with van der Waals surface area (Å²) in [4.78, 5) is 13.5. The molecule has 41 heavy (non-hydrogen) atoms. The van der Waals surface area contributed by atoms with Gasteiger partial charge < -0.3 is 15.2 Å². The first-order chi connectivity index (χ1) is 19.6. The number of ether oxygens (including phenoxy) is 2. The minimum atomic E-state index is -0.799. The fourth-order valence-corrected chi connectivity index (χ4v) is 6.33. The third-order valence-electron chi connectivity index (χ3n) is 8.39. The van der Waals surface area contributed by atoms with Crippen molar-refractivity contribution in [1.29, 1.82) is 0 Å². The second-order valence-electron chi connectivity index (χ2n) is 12.2.